The van der Waals surface area contributed by atoms with Gasteiger partial charge in [-0.15, -0.1) is 12.4 Å². The van der Waals surface area contributed by atoms with E-state index >= 15 is 0 Å². The highest BCUT2D eigenvalue weighted by molar-refractivity contribution is 7.99. The Morgan fingerprint density at radius 1 is 1.25 bits per heavy atom. The maximum atomic E-state index is 12.8. The number of carbonyl (C=O) groups excluding carboxylic acids is 1. The number of imidazole rings is 1. The van der Waals surface area contributed by atoms with Gasteiger partial charge in [-0.1, -0.05) is 11.8 Å². The molecular formula is C19H23ClN6OS. The van der Waals surface area contributed by atoms with Gasteiger partial charge in [0, 0.05) is 62.3 Å². The number of aryl methyl sites for hydroxylation is 2. The van der Waals surface area contributed by atoms with Crippen LogP contribution in [-0.4, -0.2) is 38.3 Å². The lowest BCUT2D eigenvalue weighted by molar-refractivity contribution is -0.119. The highest BCUT2D eigenvalue weighted by Gasteiger charge is 2.34. The molecule has 3 aromatic rings. The van der Waals surface area contributed by atoms with E-state index in [-0.39, 0.29) is 30.2 Å². The Balaban J connectivity index is 0.00000225. The van der Waals surface area contributed by atoms with Gasteiger partial charge in [0.1, 0.15) is 0 Å². The lowest BCUT2D eigenvalue weighted by Crippen LogP contribution is -2.28. The molecule has 2 aromatic heterocycles. The molecule has 0 spiro atoms. The largest absolute Gasteiger partial charge is 0.329 e. The zero-order valence-corrected chi connectivity index (χ0v) is 17.3. The molecule has 1 saturated heterocycles. The number of halogens is 1. The van der Waals surface area contributed by atoms with E-state index in [0.29, 0.717) is 6.54 Å². The summed E-state index contributed by atoms with van der Waals surface area (Å²) in [5, 5.41) is 11.5. The Bertz CT molecular complexity index is 938. The van der Waals surface area contributed by atoms with Crippen molar-refractivity contribution in [1.29, 1.82) is 0 Å². The van der Waals surface area contributed by atoms with Crippen molar-refractivity contribution < 1.29 is 4.79 Å². The summed E-state index contributed by atoms with van der Waals surface area (Å²) in [6.45, 7) is 1.47. The monoisotopic (exact) mass is 418 g/mol. The number of carbonyl (C=O) groups is 1. The second-order valence-electron chi connectivity index (χ2n) is 6.75. The lowest BCUT2D eigenvalue weighted by Gasteiger charge is -2.17. The Morgan fingerprint density at radius 3 is 2.68 bits per heavy atom. The molecule has 0 aliphatic carbocycles. The summed E-state index contributed by atoms with van der Waals surface area (Å²) in [5.41, 5.74) is 1.91. The van der Waals surface area contributed by atoms with E-state index in [1.54, 1.807) is 22.6 Å². The van der Waals surface area contributed by atoms with Crippen LogP contribution in [0.2, 0.25) is 0 Å². The molecule has 1 aliphatic heterocycles. The normalized spacial score (nSPS) is 18.6. The number of nitrogens with one attached hydrogen (secondary N) is 2. The highest BCUT2D eigenvalue weighted by Crippen LogP contribution is 2.30. The summed E-state index contributed by atoms with van der Waals surface area (Å²) in [4.78, 5) is 18.2. The van der Waals surface area contributed by atoms with Crippen LogP contribution in [0.1, 0.15) is 11.5 Å². The molecular weight excluding hydrogens is 396 g/mol. The minimum Gasteiger partial charge on any atom is -0.329 e. The van der Waals surface area contributed by atoms with Gasteiger partial charge in [-0.2, -0.15) is 5.10 Å². The molecule has 4 rings (SSSR count). The first-order chi connectivity index (χ1) is 13.1. The van der Waals surface area contributed by atoms with E-state index in [4.69, 9.17) is 0 Å². The molecule has 1 aromatic carbocycles. The summed E-state index contributed by atoms with van der Waals surface area (Å²) < 4.78 is 3.76. The number of hydrogen-bond donors (Lipinski definition) is 2. The van der Waals surface area contributed by atoms with Crippen LogP contribution in [0.5, 0.6) is 0 Å². The number of nitrogens with zero attached hydrogens (tertiary/aromatic N) is 4. The van der Waals surface area contributed by atoms with Crippen molar-refractivity contribution in [2.24, 2.45) is 20.0 Å². The van der Waals surface area contributed by atoms with E-state index in [9.17, 15) is 4.79 Å². The Hall–Kier alpha value is -2.29. The van der Waals surface area contributed by atoms with Gasteiger partial charge in [-0.25, -0.2) is 4.98 Å². The third-order valence-corrected chi connectivity index (χ3v) is 5.90. The first-order valence-electron chi connectivity index (χ1n) is 8.85. The third kappa shape index (κ3) is 4.40. The van der Waals surface area contributed by atoms with E-state index in [1.165, 1.54) is 0 Å². The second-order valence-corrected chi connectivity index (χ2v) is 7.80. The smallest absolute Gasteiger partial charge is 0.229 e. The predicted molar refractivity (Wildman–Crippen MR) is 112 cm³/mol. The Labute approximate surface area is 174 Å². The van der Waals surface area contributed by atoms with Crippen LogP contribution < -0.4 is 10.6 Å². The fourth-order valence-electron chi connectivity index (χ4n) is 3.33. The number of aromatic nitrogens is 4. The first kappa shape index (κ1) is 20.4. The molecule has 2 N–H and O–H groups in total. The fraction of sp³-hybridized carbons (Fsp3) is 0.316. The highest BCUT2D eigenvalue weighted by atomic mass is 35.5. The van der Waals surface area contributed by atoms with Crippen LogP contribution in [0.15, 0.2) is 59.1 Å². The summed E-state index contributed by atoms with van der Waals surface area (Å²) in [6.07, 6.45) is 7.54. The van der Waals surface area contributed by atoms with Gasteiger partial charge in [0.15, 0.2) is 5.16 Å². The standard InChI is InChI=1S/C19H22N6OS.ClH/c1-24-8-7-21-19(24)27-15-5-3-14(4-6-15)23-18(26)17-11-20-10-16(17)13-9-22-25(2)12-13;/h3-9,12,16-17,20H,10-11H2,1-2H3,(H,23,26);1H/t16-,17+;/m1./s1. The zero-order valence-electron chi connectivity index (χ0n) is 15.7. The van der Waals surface area contributed by atoms with Crippen molar-refractivity contribution in [3.8, 4) is 0 Å². The van der Waals surface area contributed by atoms with Gasteiger partial charge in [0.05, 0.1) is 12.1 Å². The molecule has 28 heavy (non-hydrogen) atoms. The molecule has 1 fully saturated rings. The molecule has 3 heterocycles. The average molecular weight is 419 g/mol. The molecule has 9 heteroatoms. The quantitative estimate of drug-likeness (QED) is 0.666. The van der Waals surface area contributed by atoms with Gasteiger partial charge < -0.3 is 15.2 Å². The minimum absolute atomic E-state index is 0. The zero-order chi connectivity index (χ0) is 18.8. The van der Waals surface area contributed by atoms with Crippen molar-refractivity contribution in [2.45, 2.75) is 16.0 Å². The summed E-state index contributed by atoms with van der Waals surface area (Å²) >= 11 is 1.59. The van der Waals surface area contributed by atoms with E-state index in [1.807, 2.05) is 61.5 Å². The minimum atomic E-state index is -0.101. The van der Waals surface area contributed by atoms with Crippen molar-refractivity contribution >= 4 is 35.8 Å². The van der Waals surface area contributed by atoms with Crippen LogP contribution in [0.3, 0.4) is 0 Å². The molecule has 0 unspecified atom stereocenters. The summed E-state index contributed by atoms with van der Waals surface area (Å²) in [7, 11) is 3.86. The maximum absolute atomic E-state index is 12.8. The average Bonchev–Trinajstić information content (AvgIpc) is 3.38. The Kier molecular flexibility index (Phi) is 6.43. The SMILES string of the molecule is Cl.Cn1cc([C@H]2CNC[C@@H]2C(=O)Nc2ccc(Sc3nccn3C)cc2)cn1. The van der Waals surface area contributed by atoms with E-state index < -0.39 is 0 Å². The molecule has 0 saturated carbocycles. The van der Waals surface area contributed by atoms with Gasteiger partial charge in [0.25, 0.3) is 0 Å². The van der Waals surface area contributed by atoms with Crippen molar-refractivity contribution in [3.63, 3.8) is 0 Å². The number of anilines is 1. The van der Waals surface area contributed by atoms with Crippen molar-refractivity contribution in [1.82, 2.24) is 24.6 Å². The number of benzene rings is 1. The first-order valence-corrected chi connectivity index (χ1v) is 9.67. The molecule has 0 bridgehead atoms. The van der Waals surface area contributed by atoms with Crippen LogP contribution >= 0.6 is 24.2 Å². The number of hydrogen-bond acceptors (Lipinski definition) is 5. The molecule has 2 atom stereocenters. The molecule has 1 amide bonds. The van der Waals surface area contributed by atoms with Crippen LogP contribution in [0.25, 0.3) is 0 Å². The fourth-order valence-corrected chi connectivity index (χ4v) is 4.13. The van der Waals surface area contributed by atoms with Gasteiger partial charge in [-0.05, 0) is 29.8 Å². The van der Waals surface area contributed by atoms with Gasteiger partial charge in [0.2, 0.25) is 5.91 Å². The summed E-state index contributed by atoms with van der Waals surface area (Å²) in [6, 6.07) is 7.87. The van der Waals surface area contributed by atoms with Crippen molar-refractivity contribution in [3.05, 3.63) is 54.6 Å². The van der Waals surface area contributed by atoms with Gasteiger partial charge >= 0.3 is 0 Å². The maximum Gasteiger partial charge on any atom is 0.229 e. The molecule has 0 radical (unpaired) electrons. The molecule has 1 aliphatic rings. The lowest BCUT2D eigenvalue weighted by atomic mass is 9.90. The molecule has 7 nitrogen and oxygen atoms in total. The summed E-state index contributed by atoms with van der Waals surface area (Å²) in [5.74, 6) is 0.0890. The van der Waals surface area contributed by atoms with E-state index in [0.717, 1.165) is 27.8 Å². The van der Waals surface area contributed by atoms with Crippen LogP contribution in [-0.2, 0) is 18.9 Å². The predicted octanol–water partition coefficient (Wildman–Crippen LogP) is 2.67. The Morgan fingerprint density at radius 2 is 2.04 bits per heavy atom. The van der Waals surface area contributed by atoms with Gasteiger partial charge in [-0.3, -0.25) is 9.48 Å². The van der Waals surface area contributed by atoms with Crippen LogP contribution in [0.4, 0.5) is 5.69 Å². The topological polar surface area (TPSA) is 76.8 Å². The van der Waals surface area contributed by atoms with Crippen LogP contribution in [0, 0.1) is 5.92 Å². The third-order valence-electron chi connectivity index (χ3n) is 4.81. The van der Waals surface area contributed by atoms with Crippen molar-refractivity contribution in [2.75, 3.05) is 18.4 Å². The number of amides is 1. The van der Waals surface area contributed by atoms with E-state index in [2.05, 4.69) is 20.7 Å². The number of rotatable bonds is 5. The second kappa shape index (κ2) is 8.81. The molecule has 148 valence electrons.